The van der Waals surface area contributed by atoms with E-state index in [1.807, 2.05) is 12.1 Å². The third-order valence-electron chi connectivity index (χ3n) is 4.87. The predicted molar refractivity (Wildman–Crippen MR) is 92.0 cm³/mol. The molecule has 0 radical (unpaired) electrons. The molecule has 0 unspecified atom stereocenters. The molecular weight excluding hydrogens is 316 g/mol. The number of hydrogen-bond acceptors (Lipinski definition) is 3. The van der Waals surface area contributed by atoms with Gasteiger partial charge in [0.25, 0.3) is 11.8 Å². The van der Waals surface area contributed by atoms with Gasteiger partial charge in [0, 0.05) is 12.1 Å². The van der Waals surface area contributed by atoms with Crippen molar-refractivity contribution in [1.29, 1.82) is 0 Å². The molecule has 0 N–H and O–H groups in total. The van der Waals surface area contributed by atoms with E-state index in [0.717, 1.165) is 12.8 Å². The Bertz CT molecular complexity index is 1060. The monoisotopic (exact) mass is 330 g/mol. The molecule has 5 heteroatoms. The van der Waals surface area contributed by atoms with Gasteiger partial charge in [-0.2, -0.15) is 0 Å². The molecule has 1 aliphatic heterocycles. The van der Waals surface area contributed by atoms with Crippen LogP contribution in [0.15, 0.2) is 54.7 Å². The van der Waals surface area contributed by atoms with Crippen molar-refractivity contribution < 1.29 is 14.4 Å². The lowest BCUT2D eigenvalue weighted by Crippen LogP contribution is -2.30. The molecule has 5 nitrogen and oxygen atoms in total. The number of carbonyl (C=O) groups is 3. The van der Waals surface area contributed by atoms with E-state index in [-0.39, 0.29) is 23.2 Å². The fourth-order valence-electron chi connectivity index (χ4n) is 3.54. The van der Waals surface area contributed by atoms with E-state index in [1.165, 1.54) is 4.90 Å². The molecule has 2 amide bonds. The van der Waals surface area contributed by atoms with Gasteiger partial charge in [-0.15, -0.1) is 0 Å². The number of rotatable bonds is 3. The molecule has 25 heavy (non-hydrogen) atoms. The highest BCUT2D eigenvalue weighted by molar-refractivity contribution is 6.38. The van der Waals surface area contributed by atoms with E-state index in [2.05, 4.69) is 0 Å². The van der Waals surface area contributed by atoms with Gasteiger partial charge in [-0.25, -0.2) is 4.90 Å². The summed E-state index contributed by atoms with van der Waals surface area (Å²) in [7, 11) is 0. The first-order chi connectivity index (χ1) is 12.2. The zero-order chi connectivity index (χ0) is 17.1. The molecule has 1 aliphatic carbocycles. The van der Waals surface area contributed by atoms with Crippen LogP contribution in [0.25, 0.3) is 5.52 Å². The lowest BCUT2D eigenvalue weighted by Gasteiger charge is -2.15. The number of imide groups is 1. The summed E-state index contributed by atoms with van der Waals surface area (Å²) >= 11 is 0. The molecule has 1 fully saturated rings. The van der Waals surface area contributed by atoms with Crippen LogP contribution in [0.3, 0.4) is 0 Å². The summed E-state index contributed by atoms with van der Waals surface area (Å²) < 4.78 is 1.70. The number of anilines is 1. The van der Waals surface area contributed by atoms with Gasteiger partial charge in [-0.05, 0) is 37.1 Å². The van der Waals surface area contributed by atoms with Gasteiger partial charge in [0.2, 0.25) is 0 Å². The second kappa shape index (κ2) is 4.89. The van der Waals surface area contributed by atoms with Gasteiger partial charge in [-0.3, -0.25) is 14.4 Å². The van der Waals surface area contributed by atoms with E-state index in [4.69, 9.17) is 0 Å². The number of pyridine rings is 1. The van der Waals surface area contributed by atoms with Gasteiger partial charge in [0.05, 0.1) is 22.3 Å². The van der Waals surface area contributed by atoms with Crippen molar-refractivity contribution >= 4 is 28.8 Å². The van der Waals surface area contributed by atoms with Crippen LogP contribution in [0.4, 0.5) is 5.69 Å². The van der Waals surface area contributed by atoms with Crippen molar-refractivity contribution in [2.45, 2.75) is 12.8 Å². The normalized spacial score (nSPS) is 16.6. The van der Waals surface area contributed by atoms with Crippen LogP contribution in [0.5, 0.6) is 0 Å². The lowest BCUT2D eigenvalue weighted by atomic mass is 10.1. The molecule has 2 aromatic heterocycles. The maximum atomic E-state index is 13.1. The highest BCUT2D eigenvalue weighted by Gasteiger charge is 2.45. The molecule has 1 aromatic carbocycles. The summed E-state index contributed by atoms with van der Waals surface area (Å²) in [6.07, 6.45) is 3.44. The number of amides is 2. The average Bonchev–Trinajstić information content (AvgIpc) is 3.38. The largest absolute Gasteiger partial charge is 0.312 e. The van der Waals surface area contributed by atoms with Crippen LogP contribution in [-0.2, 0) is 0 Å². The number of ketones is 1. The number of para-hydroxylation sites is 1. The van der Waals surface area contributed by atoms with Crippen molar-refractivity contribution in [3.8, 4) is 0 Å². The standard InChI is InChI=1S/C20H14N2O3/c23-18(12-9-10-12)17-16-15(14-8-4-5-11-21(14)17)19(24)22(20(16)25)13-6-2-1-3-7-13/h1-8,11-12H,9-10H2. The third-order valence-corrected chi connectivity index (χ3v) is 4.87. The zero-order valence-corrected chi connectivity index (χ0v) is 13.3. The first kappa shape index (κ1) is 14.2. The van der Waals surface area contributed by atoms with Crippen molar-refractivity contribution in [3.63, 3.8) is 0 Å². The van der Waals surface area contributed by atoms with Crippen LogP contribution in [0.2, 0.25) is 0 Å². The molecular formula is C20H14N2O3. The van der Waals surface area contributed by atoms with Gasteiger partial charge >= 0.3 is 0 Å². The molecule has 0 atom stereocenters. The van der Waals surface area contributed by atoms with Crippen molar-refractivity contribution in [2.75, 3.05) is 4.90 Å². The number of benzene rings is 1. The smallest absolute Gasteiger partial charge is 0.268 e. The van der Waals surface area contributed by atoms with Crippen LogP contribution in [0.1, 0.15) is 44.0 Å². The zero-order valence-electron chi connectivity index (χ0n) is 13.3. The van der Waals surface area contributed by atoms with Crippen LogP contribution >= 0.6 is 0 Å². The summed E-state index contributed by atoms with van der Waals surface area (Å²) in [5.41, 5.74) is 2.06. The highest BCUT2D eigenvalue weighted by atomic mass is 16.2. The van der Waals surface area contributed by atoms with E-state index >= 15 is 0 Å². The van der Waals surface area contributed by atoms with Crippen LogP contribution in [-0.4, -0.2) is 22.0 Å². The Morgan fingerprint density at radius 3 is 2.28 bits per heavy atom. The van der Waals surface area contributed by atoms with Crippen molar-refractivity contribution in [2.24, 2.45) is 5.92 Å². The molecule has 3 heterocycles. The molecule has 0 spiro atoms. The number of aromatic nitrogens is 1. The fourth-order valence-corrected chi connectivity index (χ4v) is 3.54. The van der Waals surface area contributed by atoms with Crippen LogP contribution < -0.4 is 4.90 Å². The fraction of sp³-hybridized carbons (Fsp3) is 0.150. The Morgan fingerprint density at radius 1 is 0.880 bits per heavy atom. The summed E-state index contributed by atoms with van der Waals surface area (Å²) in [4.78, 5) is 40.1. The van der Waals surface area contributed by atoms with Crippen molar-refractivity contribution in [1.82, 2.24) is 4.40 Å². The topological polar surface area (TPSA) is 58.9 Å². The van der Waals surface area contributed by atoms with E-state index < -0.39 is 5.91 Å². The first-order valence-corrected chi connectivity index (χ1v) is 8.29. The van der Waals surface area contributed by atoms with Gasteiger partial charge in [0.15, 0.2) is 5.78 Å². The number of nitrogens with zero attached hydrogens (tertiary/aromatic N) is 2. The van der Waals surface area contributed by atoms with Gasteiger partial charge in [0.1, 0.15) is 5.69 Å². The second-order valence-corrected chi connectivity index (χ2v) is 6.47. The Hall–Kier alpha value is -3.21. The summed E-state index contributed by atoms with van der Waals surface area (Å²) in [5, 5.41) is 0. The third kappa shape index (κ3) is 1.86. The van der Waals surface area contributed by atoms with Crippen molar-refractivity contribution in [3.05, 3.63) is 71.5 Å². The van der Waals surface area contributed by atoms with E-state index in [0.29, 0.717) is 22.5 Å². The second-order valence-electron chi connectivity index (χ2n) is 6.47. The summed E-state index contributed by atoms with van der Waals surface area (Å²) in [5.74, 6) is -0.863. The maximum absolute atomic E-state index is 13.1. The number of carbonyl (C=O) groups excluding carboxylic acids is 3. The van der Waals surface area contributed by atoms with Gasteiger partial charge < -0.3 is 4.40 Å². The van der Waals surface area contributed by atoms with E-state index in [9.17, 15) is 14.4 Å². The number of fused-ring (bicyclic) bond motifs is 3. The predicted octanol–water partition coefficient (Wildman–Crippen LogP) is 3.33. The Labute approximate surface area is 143 Å². The minimum absolute atomic E-state index is 0.0314. The molecule has 5 rings (SSSR count). The highest BCUT2D eigenvalue weighted by Crippen LogP contribution is 2.39. The summed E-state index contributed by atoms with van der Waals surface area (Å²) in [6.45, 7) is 0. The molecule has 0 saturated heterocycles. The van der Waals surface area contributed by atoms with Crippen LogP contribution in [0, 0.1) is 5.92 Å². The lowest BCUT2D eigenvalue weighted by molar-refractivity contribution is 0.0911. The molecule has 2 aliphatic rings. The Balaban J connectivity index is 1.78. The SMILES string of the molecule is O=C(c1c2c(c3ccccn13)C(=O)N(c1ccccc1)C2=O)C1CC1. The molecule has 3 aromatic rings. The molecule has 1 saturated carbocycles. The van der Waals surface area contributed by atoms with Gasteiger partial charge in [-0.1, -0.05) is 24.3 Å². The number of Topliss-reactive ketones (excluding diaryl/α,β-unsaturated/α-hetero) is 1. The maximum Gasteiger partial charge on any atom is 0.268 e. The first-order valence-electron chi connectivity index (χ1n) is 8.29. The Kier molecular flexibility index (Phi) is 2.77. The average molecular weight is 330 g/mol. The molecule has 122 valence electrons. The minimum atomic E-state index is -0.418. The Morgan fingerprint density at radius 2 is 1.56 bits per heavy atom. The minimum Gasteiger partial charge on any atom is -0.312 e. The summed E-state index contributed by atoms with van der Waals surface area (Å²) in [6, 6.07) is 14.2. The quantitative estimate of drug-likeness (QED) is 0.547. The van der Waals surface area contributed by atoms with E-state index in [1.54, 1.807) is 47.0 Å². The molecule has 0 bridgehead atoms. The number of hydrogen-bond donors (Lipinski definition) is 0.